The summed E-state index contributed by atoms with van der Waals surface area (Å²) >= 11 is 0. The highest BCUT2D eigenvalue weighted by atomic mass is 28.3. The first kappa shape index (κ1) is 16.0. The fourth-order valence-electron chi connectivity index (χ4n) is 2.95. The van der Waals surface area contributed by atoms with Crippen LogP contribution in [0.3, 0.4) is 0 Å². The van der Waals surface area contributed by atoms with Gasteiger partial charge in [-0.2, -0.15) is 0 Å². The Balaban J connectivity index is 1.75. The standard InChI is InChI=1S/C21H24OSi/c1-3-9-19(10-4-1)14-17-23(21-13-7-8-16-22-21)18-15-20-11-5-2-6-12-20/h1-6,9-12,14-15,17-18,21,23H,7-8,13,16H2. The third-order valence-electron chi connectivity index (χ3n) is 4.27. The fraction of sp³-hybridized carbons (Fsp3) is 0.238. The van der Waals surface area contributed by atoms with Crippen LogP contribution in [0.15, 0.2) is 72.1 Å². The molecular formula is C21H24OSi. The summed E-state index contributed by atoms with van der Waals surface area (Å²) in [6.07, 6.45) is 8.25. The number of ether oxygens (including phenoxy) is 1. The van der Waals surface area contributed by atoms with Crippen LogP contribution in [-0.4, -0.2) is 21.1 Å². The van der Waals surface area contributed by atoms with Crippen LogP contribution in [0.2, 0.25) is 0 Å². The van der Waals surface area contributed by atoms with Crippen molar-refractivity contribution in [2.24, 2.45) is 0 Å². The van der Waals surface area contributed by atoms with Gasteiger partial charge in [-0.1, -0.05) is 84.2 Å². The lowest BCUT2D eigenvalue weighted by Crippen LogP contribution is -2.33. The fourth-order valence-corrected chi connectivity index (χ4v) is 5.45. The number of benzene rings is 2. The lowest BCUT2D eigenvalue weighted by Gasteiger charge is -2.26. The Labute approximate surface area is 140 Å². The van der Waals surface area contributed by atoms with Crippen LogP contribution in [0.1, 0.15) is 30.4 Å². The van der Waals surface area contributed by atoms with E-state index in [0.717, 1.165) is 6.61 Å². The van der Waals surface area contributed by atoms with Gasteiger partial charge in [0.15, 0.2) is 0 Å². The molecule has 0 N–H and O–H groups in total. The summed E-state index contributed by atoms with van der Waals surface area (Å²) in [5, 5.41) is 0. The van der Waals surface area contributed by atoms with E-state index in [4.69, 9.17) is 4.74 Å². The van der Waals surface area contributed by atoms with E-state index in [1.165, 1.54) is 30.4 Å². The molecule has 1 aliphatic rings. The van der Waals surface area contributed by atoms with Crippen LogP contribution in [0.25, 0.3) is 12.2 Å². The maximum absolute atomic E-state index is 6.08. The van der Waals surface area contributed by atoms with Gasteiger partial charge in [0, 0.05) is 6.61 Å². The molecule has 118 valence electrons. The van der Waals surface area contributed by atoms with Crippen LogP contribution in [0, 0.1) is 0 Å². The van der Waals surface area contributed by atoms with Gasteiger partial charge in [0.25, 0.3) is 0 Å². The predicted octanol–water partition coefficient (Wildman–Crippen LogP) is 4.83. The molecule has 0 saturated carbocycles. The average Bonchev–Trinajstić information content (AvgIpc) is 2.64. The van der Waals surface area contributed by atoms with E-state index in [1.807, 2.05) is 0 Å². The van der Waals surface area contributed by atoms with Crippen LogP contribution < -0.4 is 0 Å². The van der Waals surface area contributed by atoms with Crippen molar-refractivity contribution in [1.29, 1.82) is 0 Å². The SMILES string of the molecule is C(=C[SiH](C=Cc1ccccc1)C1CCCCO1)c1ccccc1. The minimum atomic E-state index is -1.24. The van der Waals surface area contributed by atoms with E-state index >= 15 is 0 Å². The lowest BCUT2D eigenvalue weighted by atomic mass is 10.2. The second kappa shape index (κ2) is 8.66. The molecule has 0 aromatic heterocycles. The summed E-state index contributed by atoms with van der Waals surface area (Å²) in [4.78, 5) is 0. The Hall–Kier alpha value is -1.90. The molecule has 2 aromatic rings. The normalized spacial score (nSPS) is 20.1. The first-order valence-electron chi connectivity index (χ1n) is 8.50. The molecule has 0 bridgehead atoms. The second-order valence-electron chi connectivity index (χ2n) is 6.02. The van der Waals surface area contributed by atoms with Gasteiger partial charge in [-0.25, -0.2) is 0 Å². The van der Waals surface area contributed by atoms with Crippen molar-refractivity contribution in [3.05, 3.63) is 83.2 Å². The molecule has 3 rings (SSSR count). The van der Waals surface area contributed by atoms with Gasteiger partial charge >= 0.3 is 0 Å². The van der Waals surface area contributed by atoms with Crippen molar-refractivity contribution < 1.29 is 4.74 Å². The Morgan fingerprint density at radius 2 is 1.35 bits per heavy atom. The van der Waals surface area contributed by atoms with E-state index in [1.54, 1.807) is 0 Å². The summed E-state index contributed by atoms with van der Waals surface area (Å²) in [7, 11) is -1.24. The third kappa shape index (κ3) is 5.05. The molecule has 1 aliphatic heterocycles. The van der Waals surface area contributed by atoms with E-state index in [0.29, 0.717) is 5.73 Å². The lowest BCUT2D eigenvalue weighted by molar-refractivity contribution is 0.0642. The van der Waals surface area contributed by atoms with Crippen LogP contribution >= 0.6 is 0 Å². The summed E-state index contributed by atoms with van der Waals surface area (Å²) in [5.74, 6) is 0. The van der Waals surface area contributed by atoms with Crippen molar-refractivity contribution in [2.75, 3.05) is 6.61 Å². The topological polar surface area (TPSA) is 9.23 Å². The molecule has 1 atom stereocenters. The van der Waals surface area contributed by atoms with Gasteiger partial charge in [-0.05, 0) is 30.4 Å². The van der Waals surface area contributed by atoms with Crippen molar-refractivity contribution in [2.45, 2.75) is 25.0 Å². The minimum absolute atomic E-state index is 0.434. The summed E-state index contributed by atoms with van der Waals surface area (Å²) in [6, 6.07) is 21.1. The zero-order valence-corrected chi connectivity index (χ0v) is 14.6. The van der Waals surface area contributed by atoms with Gasteiger partial charge in [0.05, 0.1) is 5.73 Å². The second-order valence-corrected chi connectivity index (χ2v) is 8.69. The monoisotopic (exact) mass is 320 g/mol. The molecule has 1 nitrogen and oxygen atoms in total. The molecule has 0 aliphatic carbocycles. The molecule has 0 amide bonds. The molecule has 2 aromatic carbocycles. The molecule has 0 radical (unpaired) electrons. The molecule has 23 heavy (non-hydrogen) atoms. The average molecular weight is 321 g/mol. The van der Waals surface area contributed by atoms with E-state index < -0.39 is 8.80 Å². The largest absolute Gasteiger partial charge is 0.381 e. The van der Waals surface area contributed by atoms with E-state index in [9.17, 15) is 0 Å². The highest BCUT2D eigenvalue weighted by Gasteiger charge is 2.21. The first-order valence-corrected chi connectivity index (χ1v) is 10.5. The van der Waals surface area contributed by atoms with Crippen molar-refractivity contribution in [1.82, 2.24) is 0 Å². The number of hydrogen-bond donors (Lipinski definition) is 0. The Morgan fingerprint density at radius 3 is 1.83 bits per heavy atom. The predicted molar refractivity (Wildman–Crippen MR) is 102 cm³/mol. The smallest absolute Gasteiger partial charge is 0.118 e. The summed E-state index contributed by atoms with van der Waals surface area (Å²) < 4.78 is 6.08. The van der Waals surface area contributed by atoms with Gasteiger partial charge in [-0.15, -0.1) is 0 Å². The number of hydrogen-bond acceptors (Lipinski definition) is 1. The molecular weight excluding hydrogens is 296 g/mol. The van der Waals surface area contributed by atoms with Crippen LogP contribution in [0.5, 0.6) is 0 Å². The van der Waals surface area contributed by atoms with Gasteiger partial charge in [0.1, 0.15) is 8.80 Å². The summed E-state index contributed by atoms with van der Waals surface area (Å²) in [6.45, 7) is 0.923. The highest BCUT2D eigenvalue weighted by molar-refractivity contribution is 6.72. The maximum atomic E-state index is 6.08. The molecule has 1 saturated heterocycles. The van der Waals surface area contributed by atoms with Crippen molar-refractivity contribution in [3.8, 4) is 0 Å². The van der Waals surface area contributed by atoms with Gasteiger partial charge in [0.2, 0.25) is 0 Å². The summed E-state index contributed by atoms with van der Waals surface area (Å²) in [5.41, 5.74) is 7.82. The highest BCUT2D eigenvalue weighted by Crippen LogP contribution is 2.18. The van der Waals surface area contributed by atoms with E-state index in [-0.39, 0.29) is 0 Å². The van der Waals surface area contributed by atoms with Crippen LogP contribution in [-0.2, 0) is 4.74 Å². The molecule has 1 fully saturated rings. The molecule has 2 heteroatoms. The Bertz CT molecular complexity index is 578. The van der Waals surface area contributed by atoms with Crippen molar-refractivity contribution in [3.63, 3.8) is 0 Å². The minimum Gasteiger partial charge on any atom is -0.381 e. The maximum Gasteiger partial charge on any atom is 0.118 e. The van der Waals surface area contributed by atoms with Crippen molar-refractivity contribution >= 4 is 20.9 Å². The zero-order chi connectivity index (χ0) is 15.7. The number of rotatable bonds is 5. The molecule has 1 unspecified atom stereocenters. The van der Waals surface area contributed by atoms with Gasteiger partial charge < -0.3 is 4.74 Å². The van der Waals surface area contributed by atoms with E-state index in [2.05, 4.69) is 84.2 Å². The molecule has 0 spiro atoms. The quantitative estimate of drug-likeness (QED) is 0.717. The van der Waals surface area contributed by atoms with Crippen LogP contribution in [0.4, 0.5) is 0 Å². The first-order chi connectivity index (χ1) is 11.4. The molecule has 1 heterocycles. The zero-order valence-electron chi connectivity index (χ0n) is 13.5. The Kier molecular flexibility index (Phi) is 6.01. The van der Waals surface area contributed by atoms with Gasteiger partial charge in [-0.3, -0.25) is 0 Å². The Morgan fingerprint density at radius 1 is 0.783 bits per heavy atom. The third-order valence-corrected chi connectivity index (χ3v) is 6.92.